The molecule has 3 N–H and O–H groups in total. The third kappa shape index (κ3) is 8.98. The number of carboxylic acids is 1. The summed E-state index contributed by atoms with van der Waals surface area (Å²) in [7, 11) is 1.58. The minimum Gasteiger partial charge on any atom is -0.497 e. The number of aliphatic carboxylic acids is 1. The summed E-state index contributed by atoms with van der Waals surface area (Å²) in [6.45, 7) is 12.5. The molecule has 2 aromatic heterocycles. The molecule has 13 heteroatoms. The van der Waals surface area contributed by atoms with Gasteiger partial charge in [-0.15, -0.1) is 0 Å². The van der Waals surface area contributed by atoms with Crippen LogP contribution in [0.25, 0.3) is 22.3 Å². The number of rotatable bonds is 11. The number of pyridine rings is 2. The van der Waals surface area contributed by atoms with E-state index in [-0.39, 0.29) is 39.2 Å². The number of carboxylic acid groups (broad SMARTS) is 1. The molecule has 1 unspecified atom stereocenters. The molecule has 1 saturated heterocycles. The number of carbonyl (C=O) groups is 4. The second-order valence-corrected chi connectivity index (χ2v) is 16.0. The fraction of sp³-hybridized carbons (Fsp3) is 0.488. The summed E-state index contributed by atoms with van der Waals surface area (Å²) < 4.78 is 17.7. The number of methoxy groups -OCH3 is 1. The van der Waals surface area contributed by atoms with Crippen LogP contribution in [0.2, 0.25) is 0 Å². The number of ether oxygens (including phenoxy) is 3. The molecule has 3 amide bonds. The molecule has 0 spiro atoms. The quantitative estimate of drug-likeness (QED) is 0.194. The minimum absolute atomic E-state index is 0. The van der Waals surface area contributed by atoms with Crippen molar-refractivity contribution in [3.05, 3.63) is 72.0 Å². The third-order valence-corrected chi connectivity index (χ3v) is 10.4. The number of nitrogens with one attached hydrogen (secondary N) is 2. The Kier molecular flexibility index (Phi) is 12.5. The van der Waals surface area contributed by atoms with E-state index in [4.69, 9.17) is 24.2 Å². The lowest BCUT2D eigenvalue weighted by atomic mass is 9.94. The lowest BCUT2D eigenvalue weighted by Gasteiger charge is -2.33. The fourth-order valence-electron chi connectivity index (χ4n) is 7.52. The molecule has 2 aliphatic carbocycles. The van der Waals surface area contributed by atoms with Gasteiger partial charge >= 0.3 is 12.1 Å². The Labute approximate surface area is 328 Å². The summed E-state index contributed by atoms with van der Waals surface area (Å²) in [5, 5.41) is 16.5. The van der Waals surface area contributed by atoms with Crippen LogP contribution in [0.5, 0.6) is 11.5 Å². The Bertz CT molecular complexity index is 2040. The monoisotopic (exact) mass is 769 g/mol. The van der Waals surface area contributed by atoms with E-state index in [9.17, 15) is 24.3 Å². The molecule has 1 aliphatic heterocycles. The standard InChI is InChI=1S/C42H51N5O8.CH4/c1-8-25-17-18-42(22-25,39(50)51)46-37(48)34-20-28(23-47(34)38(49)36(24(2)3)45-40(52)55-41(4,5)6)54-35-21-33(44-32-19-27(53-7)14-15-29(32)35)31-16-13-26-11-9-10-12-30(26)43-31;/h8,13-17,19,21,24,28,34,36H,1,9-12,18,20,22-23H2,2-7H3,(H,45,52)(H,46,48)(H,50,51);1H4/t28-,34+,36+,42?;/m1./s1. The Morgan fingerprint density at radius 3 is 2.46 bits per heavy atom. The minimum atomic E-state index is -1.60. The number of alkyl carbamates (subject to hydrolysis) is 1. The molecule has 0 bridgehead atoms. The van der Waals surface area contributed by atoms with E-state index in [0.717, 1.165) is 31.4 Å². The van der Waals surface area contributed by atoms with Crippen molar-refractivity contribution in [2.75, 3.05) is 13.7 Å². The normalized spacial score (nSPS) is 21.0. The summed E-state index contributed by atoms with van der Waals surface area (Å²) in [5.41, 5.74) is 2.52. The van der Waals surface area contributed by atoms with Crippen molar-refractivity contribution in [3.8, 4) is 22.9 Å². The molecule has 0 saturated carbocycles. The molecule has 13 nitrogen and oxygen atoms in total. The van der Waals surface area contributed by atoms with E-state index >= 15 is 0 Å². The van der Waals surface area contributed by atoms with Gasteiger partial charge in [0.1, 0.15) is 40.8 Å². The maximum absolute atomic E-state index is 14.4. The van der Waals surface area contributed by atoms with Crippen molar-refractivity contribution in [1.29, 1.82) is 0 Å². The molecule has 0 radical (unpaired) electrons. The van der Waals surface area contributed by atoms with Crippen LogP contribution in [-0.4, -0.2) is 86.8 Å². The largest absolute Gasteiger partial charge is 0.497 e. The molecule has 1 fully saturated rings. The molecule has 1 aromatic carbocycles. The zero-order valence-corrected chi connectivity index (χ0v) is 32.4. The third-order valence-electron chi connectivity index (χ3n) is 10.4. The molecule has 4 atom stereocenters. The SMILES string of the molecule is C.C=CC1=CCC(NC(=O)[C@@H]2C[C@@H](Oc3cc(-c4ccc5c(n4)CCCC5)nc4cc(OC)ccc34)CN2C(=O)[C@@H](NC(=O)OC(C)(C)C)C(C)C)(C(=O)O)C1. The van der Waals surface area contributed by atoms with Crippen molar-refractivity contribution in [2.24, 2.45) is 5.92 Å². The number of hydrogen-bond acceptors (Lipinski definition) is 9. The second kappa shape index (κ2) is 16.7. The van der Waals surface area contributed by atoms with Crippen molar-refractivity contribution >= 4 is 34.8 Å². The van der Waals surface area contributed by atoms with Crippen molar-refractivity contribution in [2.45, 2.75) is 116 Å². The van der Waals surface area contributed by atoms with Gasteiger partial charge in [0, 0.05) is 42.5 Å². The highest BCUT2D eigenvalue weighted by Gasteiger charge is 2.49. The molecule has 6 rings (SSSR count). The predicted octanol–water partition coefficient (Wildman–Crippen LogP) is 6.56. The van der Waals surface area contributed by atoms with E-state index < -0.39 is 53.2 Å². The maximum atomic E-state index is 14.4. The number of hydrogen-bond donors (Lipinski definition) is 3. The average molecular weight is 770 g/mol. The van der Waals surface area contributed by atoms with Gasteiger partial charge in [-0.05, 0) is 81.7 Å². The van der Waals surface area contributed by atoms with Gasteiger partial charge in [-0.2, -0.15) is 0 Å². The van der Waals surface area contributed by atoms with Gasteiger partial charge in [0.25, 0.3) is 0 Å². The molecular weight excluding hydrogens is 715 g/mol. The van der Waals surface area contributed by atoms with E-state index in [0.29, 0.717) is 39.4 Å². The average Bonchev–Trinajstić information content (AvgIpc) is 3.77. The Balaban J connectivity index is 0.00000600. The smallest absolute Gasteiger partial charge is 0.408 e. The number of allylic oxidation sites excluding steroid dienone is 1. The number of fused-ring (bicyclic) bond motifs is 2. The van der Waals surface area contributed by atoms with Crippen molar-refractivity contribution < 1.29 is 38.5 Å². The molecule has 3 heterocycles. The molecule has 3 aromatic rings. The van der Waals surface area contributed by atoms with Crippen molar-refractivity contribution in [1.82, 2.24) is 25.5 Å². The number of amides is 3. The predicted molar refractivity (Wildman–Crippen MR) is 213 cm³/mol. The maximum Gasteiger partial charge on any atom is 0.408 e. The van der Waals surface area contributed by atoms with Crippen LogP contribution < -0.4 is 20.1 Å². The number of aryl methyl sites for hydroxylation is 2. The molecule has 3 aliphatic rings. The number of benzene rings is 1. The van der Waals surface area contributed by atoms with E-state index in [1.165, 1.54) is 10.5 Å². The molecule has 300 valence electrons. The van der Waals surface area contributed by atoms with Crippen LogP contribution in [0.1, 0.15) is 85.4 Å². The molecule has 56 heavy (non-hydrogen) atoms. The fourth-order valence-corrected chi connectivity index (χ4v) is 7.52. The summed E-state index contributed by atoms with van der Waals surface area (Å²) >= 11 is 0. The highest BCUT2D eigenvalue weighted by Crippen LogP contribution is 2.36. The van der Waals surface area contributed by atoms with E-state index in [1.54, 1.807) is 53.9 Å². The Hall–Kier alpha value is -5.46. The Morgan fingerprint density at radius 1 is 1.05 bits per heavy atom. The molecular formula is C43H55N5O8. The number of likely N-dealkylation sites (tertiary alicyclic amines) is 1. The topological polar surface area (TPSA) is 169 Å². The van der Waals surface area contributed by atoms with E-state index in [2.05, 4.69) is 23.3 Å². The van der Waals surface area contributed by atoms with Gasteiger partial charge in [0.05, 0.1) is 30.6 Å². The lowest BCUT2D eigenvalue weighted by molar-refractivity contribution is -0.149. The van der Waals surface area contributed by atoms with Gasteiger partial charge in [-0.1, -0.05) is 46.1 Å². The summed E-state index contributed by atoms with van der Waals surface area (Å²) in [6, 6.07) is 9.22. The highest BCUT2D eigenvalue weighted by atomic mass is 16.6. The highest BCUT2D eigenvalue weighted by molar-refractivity contribution is 5.95. The van der Waals surface area contributed by atoms with Crippen LogP contribution in [-0.2, 0) is 32.0 Å². The van der Waals surface area contributed by atoms with Crippen LogP contribution >= 0.6 is 0 Å². The van der Waals surface area contributed by atoms with Gasteiger partial charge in [0.2, 0.25) is 11.8 Å². The number of carbonyl (C=O) groups excluding carboxylic acids is 3. The zero-order valence-electron chi connectivity index (χ0n) is 32.4. The number of aromatic nitrogens is 2. The first kappa shape index (κ1) is 41.7. The first-order valence-corrected chi connectivity index (χ1v) is 18.9. The van der Waals surface area contributed by atoms with Crippen molar-refractivity contribution in [3.63, 3.8) is 0 Å². The van der Waals surface area contributed by atoms with Gasteiger partial charge < -0.3 is 34.9 Å². The first-order chi connectivity index (χ1) is 26.1. The van der Waals surface area contributed by atoms with Crippen LogP contribution in [0.3, 0.4) is 0 Å². The van der Waals surface area contributed by atoms with Crippen LogP contribution in [0.15, 0.2) is 60.7 Å². The van der Waals surface area contributed by atoms with Gasteiger partial charge in [-0.25, -0.2) is 14.6 Å². The summed E-state index contributed by atoms with van der Waals surface area (Å²) in [5.74, 6) is -1.63. The van der Waals surface area contributed by atoms with E-state index in [1.807, 2.05) is 30.3 Å². The van der Waals surface area contributed by atoms with Gasteiger partial charge in [-0.3, -0.25) is 14.6 Å². The second-order valence-electron chi connectivity index (χ2n) is 16.0. The lowest BCUT2D eigenvalue weighted by Crippen LogP contribution is -2.60. The number of nitrogens with zero attached hydrogens (tertiary/aromatic N) is 3. The zero-order chi connectivity index (χ0) is 39.7. The summed E-state index contributed by atoms with van der Waals surface area (Å²) in [4.78, 5) is 65.5. The van der Waals surface area contributed by atoms with Crippen LogP contribution in [0, 0.1) is 5.92 Å². The Morgan fingerprint density at radius 2 is 1.80 bits per heavy atom. The summed E-state index contributed by atoms with van der Waals surface area (Å²) in [6.07, 6.45) is 6.13. The van der Waals surface area contributed by atoms with Crippen LogP contribution in [0.4, 0.5) is 4.79 Å². The first-order valence-electron chi connectivity index (χ1n) is 18.9. The van der Waals surface area contributed by atoms with Gasteiger partial charge in [0.15, 0.2) is 0 Å².